The second-order valence-corrected chi connectivity index (χ2v) is 4.05. The highest BCUT2D eigenvalue weighted by atomic mass is 16.6. The molecule has 1 heterocycles. The van der Waals surface area contributed by atoms with Gasteiger partial charge in [0.15, 0.2) is 0 Å². The normalized spacial score (nSPS) is 10.8. The van der Waals surface area contributed by atoms with Gasteiger partial charge in [-0.2, -0.15) is 5.10 Å². The summed E-state index contributed by atoms with van der Waals surface area (Å²) in [7, 11) is 0. The van der Waals surface area contributed by atoms with Crippen LogP contribution in [0.4, 0.5) is 17.1 Å². The van der Waals surface area contributed by atoms with Gasteiger partial charge in [-0.05, 0) is 18.2 Å². The van der Waals surface area contributed by atoms with Crippen LogP contribution in [0.25, 0.3) is 0 Å². The molecule has 2 N–H and O–H groups in total. The minimum absolute atomic E-state index is 0.000729. The highest BCUT2D eigenvalue weighted by molar-refractivity contribution is 5.77. The van der Waals surface area contributed by atoms with E-state index in [0.29, 0.717) is 11.5 Å². The standard InChI is InChI=1S/C12H10N4O6/c17-7-10-3-2-9(22-10)6-13-14-11-4-1-8(15(18)19)5-12(11)16(20)21/h1-6,14,17H,7H2/b13-6+. The number of hydrogen-bond donors (Lipinski definition) is 2. The van der Waals surface area contributed by atoms with E-state index in [0.717, 1.165) is 12.1 Å². The molecular weight excluding hydrogens is 296 g/mol. The van der Waals surface area contributed by atoms with E-state index in [2.05, 4.69) is 10.5 Å². The lowest BCUT2D eigenvalue weighted by Crippen LogP contribution is -1.98. The number of anilines is 1. The number of nitro benzene ring substituents is 2. The first-order valence-electron chi connectivity index (χ1n) is 5.92. The molecule has 0 atom stereocenters. The Kier molecular flexibility index (Phi) is 4.44. The summed E-state index contributed by atoms with van der Waals surface area (Å²) in [5, 5.41) is 34.1. The van der Waals surface area contributed by atoms with Crippen molar-refractivity contribution in [2.45, 2.75) is 6.61 Å². The lowest BCUT2D eigenvalue weighted by Gasteiger charge is -2.01. The number of aliphatic hydroxyl groups is 1. The molecule has 0 bridgehead atoms. The first-order valence-corrected chi connectivity index (χ1v) is 5.92. The third-order valence-corrected chi connectivity index (χ3v) is 2.60. The average Bonchev–Trinajstić information content (AvgIpc) is 2.95. The van der Waals surface area contributed by atoms with Crippen molar-refractivity contribution < 1.29 is 19.4 Å². The molecule has 0 amide bonds. The van der Waals surface area contributed by atoms with Gasteiger partial charge in [-0.25, -0.2) is 0 Å². The second kappa shape index (κ2) is 6.45. The van der Waals surface area contributed by atoms with Crippen LogP contribution in [0.3, 0.4) is 0 Å². The number of nitrogens with zero attached hydrogens (tertiary/aromatic N) is 3. The van der Waals surface area contributed by atoms with Crippen LogP contribution in [0, 0.1) is 20.2 Å². The Morgan fingerprint density at radius 2 is 2.00 bits per heavy atom. The molecule has 1 aromatic heterocycles. The molecule has 0 aliphatic heterocycles. The van der Waals surface area contributed by atoms with Crippen molar-refractivity contribution in [1.29, 1.82) is 0 Å². The minimum Gasteiger partial charge on any atom is -0.458 e. The van der Waals surface area contributed by atoms with E-state index in [1.165, 1.54) is 12.3 Å². The van der Waals surface area contributed by atoms with Crippen LogP contribution in [0.1, 0.15) is 11.5 Å². The fourth-order valence-corrected chi connectivity index (χ4v) is 1.59. The van der Waals surface area contributed by atoms with Gasteiger partial charge in [-0.1, -0.05) is 0 Å². The lowest BCUT2D eigenvalue weighted by molar-refractivity contribution is -0.393. The van der Waals surface area contributed by atoms with Gasteiger partial charge in [-0.3, -0.25) is 25.7 Å². The van der Waals surface area contributed by atoms with Crippen molar-refractivity contribution in [3.8, 4) is 0 Å². The van der Waals surface area contributed by atoms with Gasteiger partial charge in [0.05, 0.1) is 22.1 Å². The van der Waals surface area contributed by atoms with Crippen LogP contribution >= 0.6 is 0 Å². The summed E-state index contributed by atoms with van der Waals surface area (Å²) in [6.45, 7) is -0.255. The Hall–Kier alpha value is -3.27. The largest absolute Gasteiger partial charge is 0.458 e. The van der Waals surface area contributed by atoms with E-state index < -0.39 is 15.5 Å². The summed E-state index contributed by atoms with van der Waals surface area (Å²) in [6.07, 6.45) is 1.25. The smallest absolute Gasteiger partial charge is 0.301 e. The average molecular weight is 306 g/mol. The zero-order chi connectivity index (χ0) is 16.1. The Morgan fingerprint density at radius 3 is 2.59 bits per heavy atom. The fraction of sp³-hybridized carbons (Fsp3) is 0.0833. The SMILES string of the molecule is O=[N+]([O-])c1ccc(N/N=C/c2ccc(CO)o2)c([N+](=O)[O-])c1. The first-order chi connectivity index (χ1) is 10.5. The van der Waals surface area contributed by atoms with Crippen molar-refractivity contribution in [3.05, 3.63) is 62.1 Å². The van der Waals surface area contributed by atoms with E-state index in [1.54, 1.807) is 12.1 Å². The molecule has 22 heavy (non-hydrogen) atoms. The van der Waals surface area contributed by atoms with Gasteiger partial charge in [0, 0.05) is 6.07 Å². The van der Waals surface area contributed by atoms with Gasteiger partial charge in [0.1, 0.15) is 23.8 Å². The number of benzene rings is 1. The Balaban J connectivity index is 2.18. The molecule has 0 saturated heterocycles. The molecular formula is C12H10N4O6. The van der Waals surface area contributed by atoms with Crippen LogP contribution < -0.4 is 5.43 Å². The predicted octanol–water partition coefficient (Wildman–Crippen LogP) is 2.03. The van der Waals surface area contributed by atoms with Crippen LogP contribution in [-0.4, -0.2) is 21.2 Å². The highest BCUT2D eigenvalue weighted by Gasteiger charge is 2.19. The van der Waals surface area contributed by atoms with E-state index >= 15 is 0 Å². The van der Waals surface area contributed by atoms with Gasteiger partial charge < -0.3 is 9.52 Å². The summed E-state index contributed by atoms with van der Waals surface area (Å²) in [4.78, 5) is 20.1. The van der Waals surface area contributed by atoms with Gasteiger partial charge in [0.25, 0.3) is 5.69 Å². The fourth-order valence-electron chi connectivity index (χ4n) is 1.59. The predicted molar refractivity (Wildman–Crippen MR) is 75.6 cm³/mol. The number of non-ortho nitro benzene ring substituents is 1. The zero-order valence-corrected chi connectivity index (χ0v) is 11.0. The van der Waals surface area contributed by atoms with E-state index in [-0.39, 0.29) is 18.0 Å². The van der Waals surface area contributed by atoms with Crippen LogP contribution in [0.15, 0.2) is 39.9 Å². The van der Waals surface area contributed by atoms with Gasteiger partial charge >= 0.3 is 5.69 Å². The van der Waals surface area contributed by atoms with Crippen LogP contribution in [0.2, 0.25) is 0 Å². The highest BCUT2D eigenvalue weighted by Crippen LogP contribution is 2.28. The minimum atomic E-state index is -0.748. The molecule has 10 heteroatoms. The summed E-state index contributed by atoms with van der Waals surface area (Å²) in [5.41, 5.74) is 1.56. The molecule has 1 aromatic carbocycles. The van der Waals surface area contributed by atoms with Gasteiger partial charge in [0.2, 0.25) is 0 Å². The number of nitrogens with one attached hydrogen (secondary N) is 1. The Labute approximate surface area is 123 Å². The molecule has 114 valence electrons. The Bertz CT molecular complexity index is 739. The van der Waals surface area contributed by atoms with Crippen LogP contribution in [0.5, 0.6) is 0 Å². The van der Waals surface area contributed by atoms with E-state index in [9.17, 15) is 20.2 Å². The molecule has 10 nitrogen and oxygen atoms in total. The molecule has 0 fully saturated rings. The molecule has 0 radical (unpaired) electrons. The van der Waals surface area contributed by atoms with Crippen molar-refractivity contribution in [1.82, 2.24) is 0 Å². The maximum absolute atomic E-state index is 10.9. The third-order valence-electron chi connectivity index (χ3n) is 2.60. The van der Waals surface area contributed by atoms with Crippen molar-refractivity contribution in [2.75, 3.05) is 5.43 Å². The van der Waals surface area contributed by atoms with Crippen molar-refractivity contribution >= 4 is 23.3 Å². The second-order valence-electron chi connectivity index (χ2n) is 4.05. The lowest BCUT2D eigenvalue weighted by atomic mass is 10.2. The number of aliphatic hydroxyl groups excluding tert-OH is 1. The van der Waals surface area contributed by atoms with Gasteiger partial charge in [-0.15, -0.1) is 0 Å². The number of hydrogen-bond acceptors (Lipinski definition) is 8. The number of nitro groups is 2. The molecule has 2 rings (SSSR count). The summed E-state index contributed by atoms with van der Waals surface area (Å²) >= 11 is 0. The summed E-state index contributed by atoms with van der Waals surface area (Å²) in [5.74, 6) is 0.684. The van der Waals surface area contributed by atoms with Crippen molar-refractivity contribution in [2.24, 2.45) is 5.10 Å². The molecule has 2 aromatic rings. The topological polar surface area (TPSA) is 144 Å². The monoisotopic (exact) mass is 306 g/mol. The number of rotatable bonds is 6. The quantitative estimate of drug-likeness (QED) is 0.472. The van der Waals surface area contributed by atoms with Crippen LogP contribution in [-0.2, 0) is 6.61 Å². The molecule has 0 unspecified atom stereocenters. The molecule has 0 spiro atoms. The first kappa shape index (κ1) is 15.1. The third kappa shape index (κ3) is 3.43. The van der Waals surface area contributed by atoms with E-state index in [1.807, 2.05) is 0 Å². The maximum atomic E-state index is 10.9. The zero-order valence-electron chi connectivity index (χ0n) is 11.0. The number of furan rings is 1. The molecule has 0 aliphatic rings. The summed E-state index contributed by atoms with van der Waals surface area (Å²) < 4.78 is 5.14. The number of hydrazone groups is 1. The molecule has 0 aliphatic carbocycles. The van der Waals surface area contributed by atoms with E-state index in [4.69, 9.17) is 9.52 Å². The maximum Gasteiger partial charge on any atom is 0.301 e. The Morgan fingerprint density at radius 1 is 1.23 bits per heavy atom. The summed E-state index contributed by atoms with van der Waals surface area (Å²) in [6, 6.07) is 6.27. The molecule has 0 saturated carbocycles. The van der Waals surface area contributed by atoms with Crippen molar-refractivity contribution in [3.63, 3.8) is 0 Å².